The van der Waals surface area contributed by atoms with E-state index in [0.29, 0.717) is 6.04 Å². The fourth-order valence-corrected chi connectivity index (χ4v) is 2.85. The molecule has 1 N–H and O–H groups in total. The summed E-state index contributed by atoms with van der Waals surface area (Å²) >= 11 is 0. The van der Waals surface area contributed by atoms with Gasteiger partial charge in [0.15, 0.2) is 0 Å². The molecule has 2 aliphatic rings. The fraction of sp³-hybridized carbons (Fsp3) is 0.727. The zero-order chi connectivity index (χ0) is 10.3. The number of anilines is 1. The lowest BCUT2D eigenvalue weighted by atomic mass is 10.1. The van der Waals surface area contributed by atoms with Gasteiger partial charge in [-0.3, -0.25) is 0 Å². The van der Waals surface area contributed by atoms with Crippen LogP contribution in [0.5, 0.6) is 0 Å². The molecule has 1 aliphatic heterocycles. The van der Waals surface area contributed by atoms with Crippen LogP contribution in [0.4, 0.5) is 6.01 Å². The topological polar surface area (TPSA) is 41.3 Å². The van der Waals surface area contributed by atoms with Crippen LogP contribution < -0.4 is 10.2 Å². The zero-order valence-electron chi connectivity index (χ0n) is 9.07. The van der Waals surface area contributed by atoms with Gasteiger partial charge in [0.2, 0.25) is 0 Å². The second-order valence-electron chi connectivity index (χ2n) is 4.64. The highest BCUT2D eigenvalue weighted by atomic mass is 16.4. The van der Waals surface area contributed by atoms with Gasteiger partial charge in [0.1, 0.15) is 6.26 Å². The summed E-state index contributed by atoms with van der Waals surface area (Å²) < 4.78 is 5.53. The first-order valence-corrected chi connectivity index (χ1v) is 5.72. The molecule has 4 heteroatoms. The van der Waals surface area contributed by atoms with Crippen molar-refractivity contribution in [2.45, 2.75) is 31.8 Å². The maximum absolute atomic E-state index is 5.53. The largest absolute Gasteiger partial charge is 0.432 e. The number of hydrogen-bond acceptors (Lipinski definition) is 4. The van der Waals surface area contributed by atoms with Gasteiger partial charge in [-0.1, -0.05) is 0 Å². The second kappa shape index (κ2) is 3.52. The molecule has 0 amide bonds. The van der Waals surface area contributed by atoms with Gasteiger partial charge in [-0.2, -0.15) is 4.98 Å². The molecular weight excluding hydrogens is 190 g/mol. The number of piperidine rings is 1. The molecule has 1 aliphatic carbocycles. The Balaban J connectivity index is 1.75. The zero-order valence-corrected chi connectivity index (χ0v) is 9.07. The molecule has 0 aromatic carbocycles. The molecule has 2 fully saturated rings. The van der Waals surface area contributed by atoms with Crippen molar-refractivity contribution in [3.8, 4) is 0 Å². The lowest BCUT2D eigenvalue weighted by Gasteiger charge is -2.24. The van der Waals surface area contributed by atoms with Crippen LogP contribution in [0.1, 0.15) is 25.0 Å². The van der Waals surface area contributed by atoms with Gasteiger partial charge in [0.05, 0.1) is 5.69 Å². The number of nitrogens with one attached hydrogen (secondary N) is 1. The summed E-state index contributed by atoms with van der Waals surface area (Å²) in [6, 6.07) is 1.52. The number of oxazole rings is 1. The minimum absolute atomic E-state index is 0.691. The summed E-state index contributed by atoms with van der Waals surface area (Å²) in [5, 5.41) is 3.08. The van der Waals surface area contributed by atoms with Crippen molar-refractivity contribution in [1.29, 1.82) is 0 Å². The molecule has 2 heterocycles. The SMILES string of the molecule is CNCc1coc(N2CC3CCC2C3)n1. The fourth-order valence-electron chi connectivity index (χ4n) is 2.85. The van der Waals surface area contributed by atoms with Crippen LogP contribution in [0.25, 0.3) is 0 Å². The lowest BCUT2D eigenvalue weighted by molar-refractivity contribution is 0.484. The number of hydrogen-bond donors (Lipinski definition) is 1. The van der Waals surface area contributed by atoms with Gasteiger partial charge < -0.3 is 14.6 Å². The monoisotopic (exact) mass is 207 g/mol. The minimum Gasteiger partial charge on any atom is -0.432 e. The summed E-state index contributed by atoms with van der Waals surface area (Å²) in [6.45, 7) is 1.93. The number of aromatic nitrogens is 1. The number of rotatable bonds is 3. The Labute approximate surface area is 89.7 Å². The molecule has 0 spiro atoms. The van der Waals surface area contributed by atoms with E-state index in [2.05, 4.69) is 15.2 Å². The summed E-state index contributed by atoms with van der Waals surface area (Å²) in [5.41, 5.74) is 0.996. The van der Waals surface area contributed by atoms with E-state index < -0.39 is 0 Å². The highest BCUT2D eigenvalue weighted by Crippen LogP contribution is 2.39. The van der Waals surface area contributed by atoms with E-state index in [4.69, 9.17) is 4.42 Å². The van der Waals surface area contributed by atoms with Crippen LogP contribution in [-0.2, 0) is 6.54 Å². The number of nitrogens with zero attached hydrogens (tertiary/aromatic N) is 2. The summed E-state index contributed by atoms with van der Waals surface area (Å²) in [7, 11) is 1.92. The Hall–Kier alpha value is -1.03. The minimum atomic E-state index is 0.691. The van der Waals surface area contributed by atoms with Gasteiger partial charge in [0.25, 0.3) is 6.01 Å². The van der Waals surface area contributed by atoms with Crippen molar-refractivity contribution in [2.24, 2.45) is 5.92 Å². The molecule has 1 aromatic heterocycles. The van der Waals surface area contributed by atoms with Crippen LogP contribution in [0, 0.1) is 5.92 Å². The van der Waals surface area contributed by atoms with Crippen LogP contribution in [-0.4, -0.2) is 24.6 Å². The predicted octanol–water partition coefficient (Wildman–Crippen LogP) is 1.38. The summed E-state index contributed by atoms with van der Waals surface area (Å²) in [4.78, 5) is 6.84. The molecule has 3 rings (SSSR count). The molecule has 1 saturated heterocycles. The van der Waals surface area contributed by atoms with E-state index in [9.17, 15) is 0 Å². The normalized spacial score (nSPS) is 29.0. The molecule has 1 aromatic rings. The first-order valence-electron chi connectivity index (χ1n) is 5.72. The maximum atomic E-state index is 5.53. The molecule has 2 bridgehead atoms. The summed E-state index contributed by atoms with van der Waals surface area (Å²) in [6.07, 6.45) is 5.81. The lowest BCUT2D eigenvalue weighted by Crippen LogP contribution is -2.32. The van der Waals surface area contributed by atoms with Crippen LogP contribution in [0.15, 0.2) is 10.7 Å². The smallest absolute Gasteiger partial charge is 0.297 e. The average Bonchev–Trinajstić information content (AvgIpc) is 2.91. The third-order valence-corrected chi connectivity index (χ3v) is 3.55. The Morgan fingerprint density at radius 1 is 1.60 bits per heavy atom. The van der Waals surface area contributed by atoms with Gasteiger partial charge in [-0.15, -0.1) is 0 Å². The Kier molecular flexibility index (Phi) is 2.16. The standard InChI is InChI=1S/C11H17N3O/c1-12-5-9-7-15-11(13-9)14-6-8-2-3-10(14)4-8/h7-8,10,12H,2-6H2,1H3. The van der Waals surface area contributed by atoms with Crippen molar-refractivity contribution in [3.05, 3.63) is 12.0 Å². The quantitative estimate of drug-likeness (QED) is 0.813. The summed E-state index contributed by atoms with van der Waals surface area (Å²) in [5.74, 6) is 0.884. The van der Waals surface area contributed by atoms with Crippen LogP contribution in [0.3, 0.4) is 0 Å². The molecule has 2 atom stereocenters. The number of fused-ring (bicyclic) bond motifs is 2. The molecular formula is C11H17N3O. The van der Waals surface area contributed by atoms with Crippen molar-refractivity contribution in [2.75, 3.05) is 18.5 Å². The van der Waals surface area contributed by atoms with Gasteiger partial charge >= 0.3 is 0 Å². The van der Waals surface area contributed by atoms with Crippen LogP contribution in [0.2, 0.25) is 0 Å². The van der Waals surface area contributed by atoms with Crippen molar-refractivity contribution in [1.82, 2.24) is 10.3 Å². The predicted molar refractivity (Wildman–Crippen MR) is 57.7 cm³/mol. The first kappa shape index (κ1) is 9.21. The van der Waals surface area contributed by atoms with E-state index in [-0.39, 0.29) is 0 Å². The second-order valence-corrected chi connectivity index (χ2v) is 4.64. The highest BCUT2D eigenvalue weighted by molar-refractivity contribution is 5.33. The Morgan fingerprint density at radius 3 is 3.20 bits per heavy atom. The molecule has 0 radical (unpaired) electrons. The highest BCUT2D eigenvalue weighted by Gasteiger charge is 2.39. The van der Waals surface area contributed by atoms with Crippen LogP contribution >= 0.6 is 0 Å². The molecule has 82 valence electrons. The molecule has 15 heavy (non-hydrogen) atoms. The first-order chi connectivity index (χ1) is 7.36. The third-order valence-electron chi connectivity index (χ3n) is 3.55. The van der Waals surface area contributed by atoms with Gasteiger partial charge in [-0.05, 0) is 32.2 Å². The maximum Gasteiger partial charge on any atom is 0.297 e. The van der Waals surface area contributed by atoms with Crippen molar-refractivity contribution < 1.29 is 4.42 Å². The van der Waals surface area contributed by atoms with Gasteiger partial charge in [0, 0.05) is 19.1 Å². The van der Waals surface area contributed by atoms with Crippen molar-refractivity contribution >= 4 is 6.01 Å². The average molecular weight is 207 g/mol. The van der Waals surface area contributed by atoms with E-state index in [1.165, 1.54) is 19.3 Å². The van der Waals surface area contributed by atoms with E-state index in [0.717, 1.165) is 30.7 Å². The van der Waals surface area contributed by atoms with E-state index in [1.54, 1.807) is 6.26 Å². The molecule has 4 nitrogen and oxygen atoms in total. The Bertz CT molecular complexity index is 349. The third kappa shape index (κ3) is 1.53. The van der Waals surface area contributed by atoms with Crippen molar-refractivity contribution in [3.63, 3.8) is 0 Å². The molecule has 2 unspecified atom stereocenters. The molecule has 1 saturated carbocycles. The van der Waals surface area contributed by atoms with E-state index in [1.807, 2.05) is 7.05 Å². The Morgan fingerprint density at radius 2 is 2.53 bits per heavy atom. The van der Waals surface area contributed by atoms with E-state index >= 15 is 0 Å². The van der Waals surface area contributed by atoms with Gasteiger partial charge in [-0.25, -0.2) is 0 Å².